The zero-order chi connectivity index (χ0) is 47.3. The molecule has 6 atom stereocenters. The second kappa shape index (κ2) is 45.9. The van der Waals surface area contributed by atoms with Crippen LogP contribution in [0, 0.1) is 0 Å². The first-order valence-electron chi connectivity index (χ1n) is 27.4. The third kappa shape index (κ3) is 36.8. The fourth-order valence-corrected chi connectivity index (χ4v) is 8.48. The van der Waals surface area contributed by atoms with E-state index in [0.717, 1.165) is 32.1 Å². The molecule has 1 heterocycles. The number of carbonyl (C=O) groups is 2. The van der Waals surface area contributed by atoms with Crippen molar-refractivity contribution in [3.63, 3.8) is 0 Å². The van der Waals surface area contributed by atoms with Gasteiger partial charge in [0.1, 0.15) is 31.0 Å². The van der Waals surface area contributed by atoms with Crippen LogP contribution in [0.1, 0.15) is 258 Å². The van der Waals surface area contributed by atoms with Gasteiger partial charge in [-0.2, -0.15) is 0 Å². The summed E-state index contributed by atoms with van der Waals surface area (Å²) in [5.74, 6) is -0.834. The van der Waals surface area contributed by atoms with Gasteiger partial charge in [0.15, 0.2) is 12.4 Å². The molecule has 0 aliphatic carbocycles. The van der Waals surface area contributed by atoms with Crippen LogP contribution in [-0.2, 0) is 28.5 Å². The molecule has 1 fully saturated rings. The van der Waals surface area contributed by atoms with E-state index < -0.39 is 55.4 Å². The molecule has 4 N–H and O–H groups in total. The maximum Gasteiger partial charge on any atom is 0.306 e. The average Bonchev–Trinajstić information content (AvgIpc) is 3.30. The van der Waals surface area contributed by atoms with Gasteiger partial charge in [-0.3, -0.25) is 9.59 Å². The van der Waals surface area contributed by atoms with E-state index in [2.05, 4.69) is 38.2 Å². The highest BCUT2D eigenvalue weighted by atomic mass is 16.7. The molecule has 0 radical (unpaired) electrons. The van der Waals surface area contributed by atoms with E-state index in [1.807, 2.05) is 0 Å². The Labute approximate surface area is 398 Å². The molecule has 0 amide bonds. The number of carbonyl (C=O) groups excluding carboxylic acids is 2. The van der Waals surface area contributed by atoms with E-state index >= 15 is 0 Å². The summed E-state index contributed by atoms with van der Waals surface area (Å²) in [6.45, 7) is 3.43. The number of aliphatic hydroxyl groups is 4. The first kappa shape index (κ1) is 61.2. The predicted molar refractivity (Wildman–Crippen MR) is 266 cm³/mol. The highest BCUT2D eigenvalue weighted by Gasteiger charge is 2.44. The van der Waals surface area contributed by atoms with Crippen LogP contribution in [0.4, 0.5) is 0 Å². The zero-order valence-corrected chi connectivity index (χ0v) is 42.0. The van der Waals surface area contributed by atoms with Gasteiger partial charge in [0.25, 0.3) is 0 Å². The number of ether oxygens (including phenoxy) is 4. The normalized spacial score (nSPS) is 19.4. The molecular formula is C55H102O10. The first-order chi connectivity index (χ1) is 31.8. The van der Waals surface area contributed by atoms with Crippen molar-refractivity contribution in [2.75, 3.05) is 19.8 Å². The van der Waals surface area contributed by atoms with Crippen molar-refractivity contribution >= 4 is 11.9 Å². The van der Waals surface area contributed by atoms with Crippen LogP contribution >= 0.6 is 0 Å². The Bertz CT molecular complexity index is 1110. The third-order valence-electron chi connectivity index (χ3n) is 12.8. The first-order valence-corrected chi connectivity index (χ1v) is 27.4. The van der Waals surface area contributed by atoms with E-state index in [4.69, 9.17) is 18.9 Å². The summed E-state index contributed by atoms with van der Waals surface area (Å²) in [4.78, 5) is 25.5. The maximum atomic E-state index is 12.8. The van der Waals surface area contributed by atoms with Gasteiger partial charge in [0.2, 0.25) is 0 Å². The average molecular weight is 923 g/mol. The predicted octanol–water partition coefficient (Wildman–Crippen LogP) is 13.2. The molecule has 1 saturated heterocycles. The summed E-state index contributed by atoms with van der Waals surface area (Å²) in [5.41, 5.74) is 0. The lowest BCUT2D eigenvalue weighted by atomic mass is 9.99. The van der Waals surface area contributed by atoms with Gasteiger partial charge < -0.3 is 39.4 Å². The lowest BCUT2D eigenvalue weighted by Gasteiger charge is -2.39. The molecule has 1 aliphatic heterocycles. The van der Waals surface area contributed by atoms with Gasteiger partial charge in [-0.1, -0.05) is 212 Å². The topological polar surface area (TPSA) is 152 Å². The minimum Gasteiger partial charge on any atom is -0.462 e. The summed E-state index contributed by atoms with van der Waals surface area (Å²) in [6.07, 6.45) is 46.3. The SMILES string of the molecule is CCCCCC/C=C/CCCCCCCCCCCC(=O)O[C@@H](COC(=O)CCC/C=C/CCCCCCCCCCCCCCCCCCCC)CO[C@H]1O[C@@H](CO)[C@@H](O)C(O)C1O. The summed E-state index contributed by atoms with van der Waals surface area (Å²) < 4.78 is 22.2. The third-order valence-corrected chi connectivity index (χ3v) is 12.8. The van der Waals surface area contributed by atoms with Crippen molar-refractivity contribution in [3.8, 4) is 0 Å². The minimum atomic E-state index is -1.60. The molecule has 0 aromatic heterocycles. The van der Waals surface area contributed by atoms with Crippen LogP contribution in [-0.4, -0.2) is 89.0 Å². The maximum absolute atomic E-state index is 12.8. The highest BCUT2D eigenvalue weighted by Crippen LogP contribution is 2.23. The van der Waals surface area contributed by atoms with Gasteiger partial charge in [0.05, 0.1) is 13.2 Å². The number of allylic oxidation sites excluding steroid dienone is 4. The van der Waals surface area contributed by atoms with Crippen LogP contribution in [0.15, 0.2) is 24.3 Å². The molecule has 1 aliphatic rings. The smallest absolute Gasteiger partial charge is 0.306 e. The van der Waals surface area contributed by atoms with Crippen molar-refractivity contribution in [2.45, 2.75) is 295 Å². The number of hydrogen-bond donors (Lipinski definition) is 4. The molecule has 65 heavy (non-hydrogen) atoms. The highest BCUT2D eigenvalue weighted by molar-refractivity contribution is 5.70. The number of unbranched alkanes of at least 4 members (excludes halogenated alkanes) is 32. The Hall–Kier alpha value is -1.82. The van der Waals surface area contributed by atoms with Crippen LogP contribution < -0.4 is 0 Å². The number of aliphatic hydroxyl groups excluding tert-OH is 4. The van der Waals surface area contributed by atoms with Gasteiger partial charge in [-0.15, -0.1) is 0 Å². The Balaban J connectivity index is 2.22. The fourth-order valence-electron chi connectivity index (χ4n) is 8.48. The molecule has 382 valence electrons. The Morgan fingerprint density at radius 3 is 1.26 bits per heavy atom. The second-order valence-electron chi connectivity index (χ2n) is 19.0. The van der Waals surface area contributed by atoms with Crippen LogP contribution in [0.5, 0.6) is 0 Å². The second-order valence-corrected chi connectivity index (χ2v) is 19.0. The van der Waals surface area contributed by atoms with Crippen molar-refractivity contribution in [1.82, 2.24) is 0 Å². The lowest BCUT2D eigenvalue weighted by molar-refractivity contribution is -0.305. The summed E-state index contributed by atoms with van der Waals surface area (Å²) in [6, 6.07) is 0. The molecule has 2 unspecified atom stereocenters. The minimum absolute atomic E-state index is 0.225. The van der Waals surface area contributed by atoms with Crippen LogP contribution in [0.3, 0.4) is 0 Å². The molecular weight excluding hydrogens is 821 g/mol. The molecule has 10 heteroatoms. The molecule has 0 aromatic carbocycles. The van der Waals surface area contributed by atoms with E-state index in [0.29, 0.717) is 12.8 Å². The Morgan fingerprint density at radius 2 is 0.831 bits per heavy atom. The lowest BCUT2D eigenvalue weighted by Crippen LogP contribution is -2.59. The number of esters is 2. The van der Waals surface area contributed by atoms with E-state index in [9.17, 15) is 30.0 Å². The molecule has 0 aromatic rings. The zero-order valence-electron chi connectivity index (χ0n) is 42.0. The Morgan fingerprint density at radius 1 is 0.462 bits per heavy atom. The quantitative estimate of drug-likeness (QED) is 0.0264. The van der Waals surface area contributed by atoms with Crippen molar-refractivity contribution < 1.29 is 49.0 Å². The largest absolute Gasteiger partial charge is 0.462 e. The van der Waals surface area contributed by atoms with Gasteiger partial charge in [0, 0.05) is 12.8 Å². The number of hydrogen-bond acceptors (Lipinski definition) is 10. The summed E-state index contributed by atoms with van der Waals surface area (Å²) in [5, 5.41) is 40.2. The molecule has 1 rings (SSSR count). The molecule has 0 saturated carbocycles. The van der Waals surface area contributed by atoms with E-state index in [1.165, 1.54) is 186 Å². The fraction of sp³-hybridized carbons (Fsp3) is 0.891. The molecule has 10 nitrogen and oxygen atoms in total. The number of rotatable bonds is 47. The van der Waals surface area contributed by atoms with Crippen molar-refractivity contribution in [3.05, 3.63) is 24.3 Å². The van der Waals surface area contributed by atoms with E-state index in [-0.39, 0.29) is 26.1 Å². The van der Waals surface area contributed by atoms with E-state index in [1.54, 1.807) is 0 Å². The van der Waals surface area contributed by atoms with Crippen molar-refractivity contribution in [2.24, 2.45) is 0 Å². The standard InChI is InChI=1S/C55H102O10/c1-3-5-7-9-11-13-15-17-19-21-22-23-24-25-26-28-29-31-33-35-37-39-41-43-50(57)62-46-48(47-63-55-54(61)53(60)52(59)49(45-56)65-55)64-51(58)44-42-40-38-36-34-32-30-27-20-18-16-14-12-10-8-6-4-2/h14,16,35,37,48-49,52-56,59-61H,3-13,15,17-34,36,38-47H2,1-2H3/b16-14+,37-35+/t48-,49-,52+,53?,54?,55-/m0/s1. The van der Waals surface area contributed by atoms with Crippen LogP contribution in [0.2, 0.25) is 0 Å². The van der Waals surface area contributed by atoms with Crippen molar-refractivity contribution in [1.29, 1.82) is 0 Å². The summed E-state index contributed by atoms with van der Waals surface area (Å²) >= 11 is 0. The van der Waals surface area contributed by atoms with Gasteiger partial charge >= 0.3 is 11.9 Å². The Kier molecular flexibility index (Phi) is 43.2. The molecule has 0 bridgehead atoms. The van der Waals surface area contributed by atoms with Gasteiger partial charge in [-0.25, -0.2) is 0 Å². The van der Waals surface area contributed by atoms with Gasteiger partial charge in [-0.05, 0) is 57.8 Å². The molecule has 0 spiro atoms. The summed E-state index contributed by atoms with van der Waals surface area (Å²) in [7, 11) is 0. The monoisotopic (exact) mass is 923 g/mol. The van der Waals surface area contributed by atoms with Crippen LogP contribution in [0.25, 0.3) is 0 Å².